The smallest absolute Gasteiger partial charge is 0.247 e. The first-order valence-electron chi connectivity index (χ1n) is 13.2. The zero-order valence-corrected chi connectivity index (χ0v) is 21.1. The first-order valence-corrected chi connectivity index (χ1v) is 13.2. The lowest BCUT2D eigenvalue weighted by atomic mass is 9.76. The van der Waals surface area contributed by atoms with E-state index in [4.69, 9.17) is 14.2 Å². The number of nitrogens with one attached hydrogen (secondary N) is 1. The summed E-state index contributed by atoms with van der Waals surface area (Å²) in [6.45, 7) is 0.508. The predicted octanol–water partition coefficient (Wildman–Crippen LogP) is 0.618. The van der Waals surface area contributed by atoms with Crippen LogP contribution in [0.15, 0.2) is 23.8 Å². The van der Waals surface area contributed by atoms with Crippen molar-refractivity contribution in [2.45, 2.75) is 68.9 Å². The fourth-order valence-electron chi connectivity index (χ4n) is 6.28. The van der Waals surface area contributed by atoms with Crippen molar-refractivity contribution in [2.75, 3.05) is 33.5 Å². The molecule has 1 aromatic rings. The van der Waals surface area contributed by atoms with Crippen molar-refractivity contribution in [2.24, 2.45) is 5.92 Å². The van der Waals surface area contributed by atoms with Gasteiger partial charge in [-0.15, -0.1) is 0 Å². The maximum Gasteiger partial charge on any atom is 0.247 e. The molecule has 202 valence electrons. The van der Waals surface area contributed by atoms with Gasteiger partial charge in [-0.2, -0.15) is 0 Å². The van der Waals surface area contributed by atoms with Crippen molar-refractivity contribution in [1.29, 1.82) is 0 Å². The van der Waals surface area contributed by atoms with E-state index in [0.717, 1.165) is 25.7 Å². The molecule has 4 aliphatic rings. The Morgan fingerprint density at radius 1 is 1.19 bits per heavy atom. The average molecular weight is 517 g/mol. The number of rotatable bonds is 8. The number of hydrogen-bond acceptors (Lipinski definition) is 8. The molecule has 1 saturated heterocycles. The number of fused-ring (bicyclic) bond motifs is 3. The van der Waals surface area contributed by atoms with E-state index in [1.807, 2.05) is 0 Å². The van der Waals surface area contributed by atoms with E-state index in [2.05, 4.69) is 5.32 Å². The van der Waals surface area contributed by atoms with Crippen LogP contribution >= 0.6 is 0 Å². The third-order valence-electron chi connectivity index (χ3n) is 8.07. The highest BCUT2D eigenvalue weighted by atomic mass is 16.5. The second-order valence-electron chi connectivity index (χ2n) is 10.3. The number of benzene rings is 1. The first kappa shape index (κ1) is 26.0. The molecule has 5 rings (SSSR count). The number of ether oxygens (including phenoxy) is 3. The quantitative estimate of drug-likeness (QED) is 0.395. The minimum atomic E-state index is -1.10. The Balaban J connectivity index is 1.59. The van der Waals surface area contributed by atoms with Crippen LogP contribution in [0, 0.1) is 5.92 Å². The number of aliphatic hydroxyl groups excluding tert-OH is 3. The Hall–Kier alpha value is -2.66. The molecule has 0 aromatic heterocycles. The Morgan fingerprint density at radius 2 is 1.97 bits per heavy atom. The van der Waals surface area contributed by atoms with E-state index >= 15 is 0 Å². The lowest BCUT2D eigenvalue weighted by molar-refractivity contribution is -0.144. The van der Waals surface area contributed by atoms with Crippen LogP contribution in [0.2, 0.25) is 0 Å². The third kappa shape index (κ3) is 4.71. The number of carbonyl (C=O) groups excluding carboxylic acids is 2. The highest BCUT2D eigenvalue weighted by Crippen LogP contribution is 2.52. The molecule has 2 amide bonds. The van der Waals surface area contributed by atoms with Gasteiger partial charge in [0, 0.05) is 30.3 Å². The molecule has 2 aliphatic heterocycles. The molecule has 2 fully saturated rings. The van der Waals surface area contributed by atoms with Gasteiger partial charge in [0.25, 0.3) is 0 Å². The molecule has 1 aromatic carbocycles. The number of aliphatic hydroxyl groups is 3. The van der Waals surface area contributed by atoms with Crippen molar-refractivity contribution < 1.29 is 39.1 Å². The molecular formula is C27H36N2O8. The molecule has 0 radical (unpaired) electrons. The van der Waals surface area contributed by atoms with Crippen molar-refractivity contribution in [3.05, 3.63) is 34.9 Å². The van der Waals surface area contributed by atoms with Gasteiger partial charge in [0.1, 0.15) is 12.2 Å². The summed E-state index contributed by atoms with van der Waals surface area (Å²) in [6, 6.07) is 2.63. The molecule has 0 spiro atoms. The van der Waals surface area contributed by atoms with Gasteiger partial charge in [-0.05, 0) is 43.0 Å². The van der Waals surface area contributed by atoms with Gasteiger partial charge in [0.05, 0.1) is 44.8 Å². The van der Waals surface area contributed by atoms with Crippen LogP contribution in [0.25, 0.3) is 0 Å². The normalized spacial score (nSPS) is 28.8. The van der Waals surface area contributed by atoms with Crippen molar-refractivity contribution in [1.82, 2.24) is 10.2 Å². The summed E-state index contributed by atoms with van der Waals surface area (Å²) in [5.41, 5.74) is 1.60. The molecule has 4 N–H and O–H groups in total. The van der Waals surface area contributed by atoms with E-state index in [1.54, 1.807) is 23.1 Å². The van der Waals surface area contributed by atoms with E-state index in [-0.39, 0.29) is 37.6 Å². The van der Waals surface area contributed by atoms with E-state index in [1.165, 1.54) is 7.11 Å². The summed E-state index contributed by atoms with van der Waals surface area (Å²) in [5, 5.41) is 33.6. The Labute approximate surface area is 216 Å². The molecular weight excluding hydrogens is 480 g/mol. The summed E-state index contributed by atoms with van der Waals surface area (Å²) in [6.07, 6.45) is 4.09. The van der Waals surface area contributed by atoms with Crippen LogP contribution in [0.3, 0.4) is 0 Å². The van der Waals surface area contributed by atoms with E-state index in [9.17, 15) is 24.9 Å². The van der Waals surface area contributed by atoms with E-state index in [0.29, 0.717) is 47.8 Å². The van der Waals surface area contributed by atoms with Crippen LogP contribution in [0.5, 0.6) is 11.5 Å². The zero-order valence-electron chi connectivity index (χ0n) is 21.1. The van der Waals surface area contributed by atoms with Crippen molar-refractivity contribution in [3.63, 3.8) is 0 Å². The molecule has 1 saturated carbocycles. The molecule has 2 heterocycles. The molecule has 10 nitrogen and oxygen atoms in total. The summed E-state index contributed by atoms with van der Waals surface area (Å²) in [4.78, 5) is 29.0. The third-order valence-corrected chi connectivity index (χ3v) is 8.07. The Bertz CT molecular complexity index is 1050. The topological polar surface area (TPSA) is 138 Å². The summed E-state index contributed by atoms with van der Waals surface area (Å²) >= 11 is 0. The fraction of sp³-hybridized carbons (Fsp3) is 0.630. The second kappa shape index (κ2) is 11.0. The predicted molar refractivity (Wildman–Crippen MR) is 132 cm³/mol. The highest BCUT2D eigenvalue weighted by molar-refractivity contribution is 5.96. The first-order chi connectivity index (χ1) is 18.0. The lowest BCUT2D eigenvalue weighted by Crippen LogP contribution is -2.59. The molecule has 10 heteroatoms. The largest absolute Gasteiger partial charge is 0.493 e. The Morgan fingerprint density at radius 3 is 2.62 bits per heavy atom. The van der Waals surface area contributed by atoms with Gasteiger partial charge in [0.15, 0.2) is 11.5 Å². The minimum absolute atomic E-state index is 0.0402. The van der Waals surface area contributed by atoms with Crippen LogP contribution in [-0.2, 0) is 20.9 Å². The zero-order chi connectivity index (χ0) is 26.1. The van der Waals surface area contributed by atoms with Gasteiger partial charge in [-0.25, -0.2) is 0 Å². The summed E-state index contributed by atoms with van der Waals surface area (Å²) in [5.74, 6) is -0.544. The molecule has 2 aliphatic carbocycles. The SMILES string of the molecule is COc1cc(CO)cc2c1OC1C2C(C(=O)NCCO)=CC(N(C(=O)C2CCOC2)C2CCCC2)C1O. The number of nitrogens with zero attached hydrogens (tertiary/aromatic N) is 1. The van der Waals surface area contributed by atoms with E-state index < -0.39 is 30.1 Å². The van der Waals surface area contributed by atoms with Gasteiger partial charge >= 0.3 is 0 Å². The number of amides is 2. The maximum absolute atomic E-state index is 13.8. The fourth-order valence-corrected chi connectivity index (χ4v) is 6.28. The number of hydrogen-bond donors (Lipinski definition) is 4. The standard InChI is InChI=1S/C27H36N2O8/c1-35-21-11-15(13-31)10-18-22-19(26(33)28-7-8-30)12-20(23(32)25(22)37-24(18)21)29(17-4-2-3-5-17)27(34)16-6-9-36-14-16/h10-12,16-17,20,22-23,25,30-32H,2-9,13-14H2,1H3,(H,28,33). The van der Waals surface area contributed by atoms with Crippen LogP contribution in [0.1, 0.15) is 49.1 Å². The van der Waals surface area contributed by atoms with Gasteiger partial charge in [-0.1, -0.05) is 12.8 Å². The average Bonchev–Trinajstić information content (AvgIpc) is 3.69. The second-order valence-corrected chi connectivity index (χ2v) is 10.3. The monoisotopic (exact) mass is 516 g/mol. The molecule has 5 unspecified atom stereocenters. The van der Waals surface area contributed by atoms with Crippen LogP contribution < -0.4 is 14.8 Å². The van der Waals surface area contributed by atoms with Crippen molar-refractivity contribution >= 4 is 11.8 Å². The maximum atomic E-state index is 13.8. The number of methoxy groups -OCH3 is 1. The van der Waals surface area contributed by atoms with Gasteiger partial charge < -0.3 is 39.7 Å². The number of carbonyl (C=O) groups is 2. The van der Waals surface area contributed by atoms with Gasteiger partial charge in [-0.3, -0.25) is 9.59 Å². The molecule has 0 bridgehead atoms. The molecule has 5 atom stereocenters. The Kier molecular flexibility index (Phi) is 7.71. The lowest BCUT2D eigenvalue weighted by Gasteiger charge is -2.44. The van der Waals surface area contributed by atoms with Gasteiger partial charge in [0.2, 0.25) is 11.8 Å². The van der Waals surface area contributed by atoms with Crippen LogP contribution in [-0.4, -0.2) is 89.8 Å². The van der Waals surface area contributed by atoms with Crippen LogP contribution in [0.4, 0.5) is 0 Å². The molecule has 37 heavy (non-hydrogen) atoms. The van der Waals surface area contributed by atoms with Crippen molar-refractivity contribution in [3.8, 4) is 11.5 Å². The summed E-state index contributed by atoms with van der Waals surface area (Å²) < 4.78 is 17.3. The summed E-state index contributed by atoms with van der Waals surface area (Å²) in [7, 11) is 1.50. The minimum Gasteiger partial charge on any atom is -0.493 e. The highest BCUT2D eigenvalue weighted by Gasteiger charge is 2.53.